The smallest absolute Gasteiger partial charge is 0.322 e. The summed E-state index contributed by atoms with van der Waals surface area (Å²) < 4.78 is 71.1. The number of rotatable bonds is 3. The van der Waals surface area contributed by atoms with E-state index in [1.54, 1.807) is 6.92 Å². The van der Waals surface area contributed by atoms with Crippen molar-refractivity contribution in [1.82, 2.24) is 0 Å². The Kier molecular flexibility index (Phi) is 3.91. The molecule has 0 N–H and O–H groups in total. The third kappa shape index (κ3) is 3.17. The molecule has 1 aliphatic carbocycles. The Morgan fingerprint density at radius 3 is 2.11 bits per heavy atom. The fraction of sp³-hybridized carbons (Fsp3) is 0.917. The second-order valence-corrected chi connectivity index (χ2v) is 5.59. The molecule has 1 rings (SSSR count). The van der Waals surface area contributed by atoms with Gasteiger partial charge in [0.05, 0.1) is 11.8 Å². The molecule has 1 fully saturated rings. The minimum atomic E-state index is -4.39. The number of ether oxygens (including phenoxy) is 1. The third-order valence-electron chi connectivity index (χ3n) is 3.53. The Morgan fingerprint density at radius 2 is 1.68 bits per heavy atom. The molecule has 1 saturated carbocycles. The lowest BCUT2D eigenvalue weighted by molar-refractivity contribution is -0.313. The monoisotopic (exact) mass is 288 g/mol. The van der Waals surface area contributed by atoms with Crippen LogP contribution in [0.2, 0.25) is 0 Å². The van der Waals surface area contributed by atoms with E-state index in [0.717, 1.165) is 0 Å². The zero-order chi connectivity index (χ0) is 15.1. The average Bonchev–Trinajstić information content (AvgIpc) is 2.23. The molecule has 0 heterocycles. The van der Waals surface area contributed by atoms with Crippen molar-refractivity contribution in [2.45, 2.75) is 64.2 Å². The van der Waals surface area contributed by atoms with Gasteiger partial charge in [0.25, 0.3) is 5.92 Å². The predicted molar refractivity (Wildman–Crippen MR) is 57.7 cm³/mol. The average molecular weight is 288 g/mol. The van der Waals surface area contributed by atoms with Gasteiger partial charge in [-0.05, 0) is 20.3 Å². The highest BCUT2D eigenvalue weighted by atomic mass is 19.3. The quantitative estimate of drug-likeness (QED) is 0.577. The lowest BCUT2D eigenvalue weighted by Gasteiger charge is -2.40. The van der Waals surface area contributed by atoms with Crippen molar-refractivity contribution >= 4 is 5.97 Å². The Morgan fingerprint density at radius 1 is 1.16 bits per heavy atom. The lowest BCUT2D eigenvalue weighted by atomic mass is 9.87. The van der Waals surface area contributed by atoms with E-state index in [1.165, 1.54) is 13.8 Å². The van der Waals surface area contributed by atoms with Crippen LogP contribution >= 0.6 is 0 Å². The lowest BCUT2D eigenvalue weighted by Crippen LogP contribution is -2.56. The van der Waals surface area contributed by atoms with Gasteiger partial charge in [-0.2, -0.15) is 13.2 Å². The van der Waals surface area contributed by atoms with Crippen LogP contribution in [0.3, 0.4) is 0 Å². The molecule has 0 amide bonds. The van der Waals surface area contributed by atoms with Crippen molar-refractivity contribution in [2.75, 3.05) is 0 Å². The van der Waals surface area contributed by atoms with E-state index in [-0.39, 0.29) is 6.42 Å². The summed E-state index contributed by atoms with van der Waals surface area (Å²) >= 11 is 0. The summed E-state index contributed by atoms with van der Waals surface area (Å²) in [6.45, 7) is 4.43. The summed E-state index contributed by atoms with van der Waals surface area (Å²) in [6.07, 6.45) is -3.97. The highest BCUT2D eigenvalue weighted by Gasteiger charge is 2.66. The molecule has 0 aromatic heterocycles. The van der Waals surface area contributed by atoms with Crippen LogP contribution in [-0.2, 0) is 9.53 Å². The van der Waals surface area contributed by atoms with Crippen LogP contribution in [0.25, 0.3) is 0 Å². The van der Waals surface area contributed by atoms with Crippen molar-refractivity contribution in [2.24, 2.45) is 5.41 Å². The van der Waals surface area contributed by atoms with Crippen LogP contribution in [-0.4, -0.2) is 23.7 Å². The molecule has 0 aromatic rings. The fourth-order valence-corrected chi connectivity index (χ4v) is 1.63. The van der Waals surface area contributed by atoms with Gasteiger partial charge in [-0.3, -0.25) is 4.79 Å². The summed E-state index contributed by atoms with van der Waals surface area (Å²) in [7, 11) is 0. The molecule has 0 bridgehead atoms. The summed E-state index contributed by atoms with van der Waals surface area (Å²) in [5.74, 6) is -12.8. The molecule has 0 aromatic carbocycles. The molecule has 1 aliphatic rings. The second-order valence-electron chi connectivity index (χ2n) is 5.59. The maximum absolute atomic E-state index is 14.1. The highest BCUT2D eigenvalue weighted by Crippen LogP contribution is 2.51. The minimum absolute atomic E-state index is 0.254. The van der Waals surface area contributed by atoms with Crippen LogP contribution in [0.4, 0.5) is 22.0 Å². The Hall–Kier alpha value is -0.880. The normalized spacial score (nSPS) is 29.9. The van der Waals surface area contributed by atoms with Crippen LogP contribution in [0, 0.1) is 5.41 Å². The summed E-state index contributed by atoms with van der Waals surface area (Å²) in [5, 5.41) is 0. The molecule has 1 unspecified atom stereocenters. The third-order valence-corrected chi connectivity index (χ3v) is 3.53. The van der Waals surface area contributed by atoms with E-state index in [0.29, 0.717) is 0 Å². The summed E-state index contributed by atoms with van der Waals surface area (Å²) in [5.41, 5.74) is -1.14. The maximum atomic E-state index is 14.1. The summed E-state index contributed by atoms with van der Waals surface area (Å²) in [4.78, 5) is 11.6. The van der Waals surface area contributed by atoms with Gasteiger partial charge >= 0.3 is 17.7 Å². The van der Waals surface area contributed by atoms with Gasteiger partial charge in [0.15, 0.2) is 0 Å². The molecule has 1 atom stereocenters. The van der Waals surface area contributed by atoms with Crippen LogP contribution in [0.15, 0.2) is 0 Å². The minimum Gasteiger partial charge on any atom is -0.421 e. The van der Waals surface area contributed by atoms with Crippen LogP contribution in [0.1, 0.15) is 46.5 Å². The molecule has 0 saturated heterocycles. The maximum Gasteiger partial charge on any atom is 0.322 e. The van der Waals surface area contributed by atoms with Gasteiger partial charge in [0.2, 0.25) is 0 Å². The van der Waals surface area contributed by atoms with Gasteiger partial charge in [0, 0.05) is 12.8 Å². The Balaban J connectivity index is 2.90. The molecule has 112 valence electrons. The first-order valence-electron chi connectivity index (χ1n) is 6.03. The molecule has 2 nitrogen and oxygen atoms in total. The van der Waals surface area contributed by atoms with E-state index in [4.69, 9.17) is 0 Å². The van der Waals surface area contributed by atoms with Crippen LogP contribution in [0.5, 0.6) is 0 Å². The van der Waals surface area contributed by atoms with E-state index in [1.807, 2.05) is 0 Å². The van der Waals surface area contributed by atoms with Crippen molar-refractivity contribution in [3.8, 4) is 0 Å². The highest BCUT2D eigenvalue weighted by molar-refractivity contribution is 5.76. The number of carbonyl (C=O) groups excluding carboxylic acids is 1. The van der Waals surface area contributed by atoms with E-state index >= 15 is 0 Å². The number of hydrogen-bond acceptors (Lipinski definition) is 2. The standard InChI is InChI=1S/C12H17F5O2/c1-4-9(2,3)8(18)19-12(17)6-5-10(13,14)7-11(12,15)16/h4-7H2,1-3H3. The topological polar surface area (TPSA) is 26.3 Å². The molecule has 0 aliphatic heterocycles. The molecular weight excluding hydrogens is 271 g/mol. The first-order valence-corrected chi connectivity index (χ1v) is 6.03. The van der Waals surface area contributed by atoms with Gasteiger partial charge in [-0.15, -0.1) is 0 Å². The van der Waals surface area contributed by atoms with E-state index < -0.39 is 48.3 Å². The molecule has 0 spiro atoms. The zero-order valence-electron chi connectivity index (χ0n) is 11.0. The molecule has 0 radical (unpaired) electrons. The van der Waals surface area contributed by atoms with E-state index in [9.17, 15) is 26.7 Å². The number of carbonyl (C=O) groups is 1. The first kappa shape index (κ1) is 16.2. The number of alkyl halides is 5. The van der Waals surface area contributed by atoms with Crippen molar-refractivity contribution in [1.29, 1.82) is 0 Å². The fourth-order valence-electron chi connectivity index (χ4n) is 1.63. The molecular formula is C12H17F5O2. The zero-order valence-corrected chi connectivity index (χ0v) is 11.0. The second kappa shape index (κ2) is 4.59. The number of esters is 1. The van der Waals surface area contributed by atoms with Crippen LogP contribution < -0.4 is 0 Å². The first-order chi connectivity index (χ1) is 8.35. The van der Waals surface area contributed by atoms with E-state index in [2.05, 4.69) is 4.74 Å². The number of hydrogen-bond donors (Lipinski definition) is 0. The molecule has 19 heavy (non-hydrogen) atoms. The van der Waals surface area contributed by atoms with Gasteiger partial charge in [-0.1, -0.05) is 6.92 Å². The largest absolute Gasteiger partial charge is 0.421 e. The van der Waals surface area contributed by atoms with Crippen molar-refractivity contribution < 1.29 is 31.5 Å². The predicted octanol–water partition coefficient (Wildman–Crippen LogP) is 4.09. The Labute approximate surface area is 108 Å². The summed E-state index contributed by atoms with van der Waals surface area (Å²) in [6, 6.07) is 0. The Bertz CT molecular complexity index is 367. The van der Waals surface area contributed by atoms with Gasteiger partial charge < -0.3 is 4.74 Å². The van der Waals surface area contributed by atoms with Gasteiger partial charge in [0.1, 0.15) is 0 Å². The SMILES string of the molecule is CCC(C)(C)C(=O)OC1(F)CCC(F)(F)CC1(F)F. The van der Waals surface area contributed by atoms with Crippen molar-refractivity contribution in [3.63, 3.8) is 0 Å². The molecule has 7 heteroatoms. The van der Waals surface area contributed by atoms with Crippen molar-refractivity contribution in [3.05, 3.63) is 0 Å². The number of halogens is 5. The van der Waals surface area contributed by atoms with Gasteiger partial charge in [-0.25, -0.2) is 8.78 Å².